The molecule has 2 aliphatic rings. The smallest absolute Gasteiger partial charge is 0.311 e. The molecule has 0 radical (unpaired) electrons. The van der Waals surface area contributed by atoms with Crippen LogP contribution in [0.3, 0.4) is 0 Å². The van der Waals surface area contributed by atoms with E-state index < -0.39 is 21.9 Å². The van der Waals surface area contributed by atoms with Crippen molar-refractivity contribution in [2.24, 2.45) is 5.92 Å². The molecule has 25 heavy (non-hydrogen) atoms. The van der Waals surface area contributed by atoms with Crippen LogP contribution in [-0.4, -0.2) is 91.9 Å². The summed E-state index contributed by atoms with van der Waals surface area (Å²) in [4.78, 5) is 39.1. The van der Waals surface area contributed by atoms with Gasteiger partial charge in [-0.25, -0.2) is 8.42 Å². The number of hydrogen-bond donors (Lipinski definition) is 0. The van der Waals surface area contributed by atoms with Gasteiger partial charge in [-0.1, -0.05) is 0 Å². The van der Waals surface area contributed by atoms with E-state index in [0.29, 0.717) is 6.54 Å². The maximum absolute atomic E-state index is 12.1. The van der Waals surface area contributed by atoms with Crippen LogP contribution in [0.2, 0.25) is 0 Å². The van der Waals surface area contributed by atoms with Gasteiger partial charge in [-0.2, -0.15) is 4.31 Å². The van der Waals surface area contributed by atoms with E-state index in [2.05, 4.69) is 0 Å². The van der Waals surface area contributed by atoms with Crippen molar-refractivity contribution in [3.8, 4) is 0 Å². The van der Waals surface area contributed by atoms with Crippen molar-refractivity contribution >= 4 is 27.8 Å². The largest absolute Gasteiger partial charge is 0.455 e. The van der Waals surface area contributed by atoms with Gasteiger partial charge in [0.25, 0.3) is 5.91 Å². The van der Waals surface area contributed by atoms with Gasteiger partial charge in [0.2, 0.25) is 15.9 Å². The lowest BCUT2D eigenvalue weighted by atomic mass is 10.1. The SMILES string of the molecule is CC(C)N1CC(C(=O)OCC(=O)N2CCN(S(C)(=O)=O)CC2)CC1=O. The lowest BCUT2D eigenvalue weighted by Gasteiger charge is -2.33. The van der Waals surface area contributed by atoms with Gasteiger partial charge in [0, 0.05) is 45.2 Å². The van der Waals surface area contributed by atoms with E-state index in [-0.39, 0.29) is 57.1 Å². The van der Waals surface area contributed by atoms with Gasteiger partial charge in [-0.3, -0.25) is 14.4 Å². The van der Waals surface area contributed by atoms with Crippen LogP contribution in [0.4, 0.5) is 0 Å². The lowest BCUT2D eigenvalue weighted by molar-refractivity contribution is -0.155. The highest BCUT2D eigenvalue weighted by molar-refractivity contribution is 7.88. The van der Waals surface area contributed by atoms with Crippen LogP contribution in [0, 0.1) is 5.92 Å². The van der Waals surface area contributed by atoms with Gasteiger partial charge < -0.3 is 14.5 Å². The topological polar surface area (TPSA) is 104 Å². The van der Waals surface area contributed by atoms with E-state index in [0.717, 1.165) is 6.26 Å². The summed E-state index contributed by atoms with van der Waals surface area (Å²) >= 11 is 0. The monoisotopic (exact) mass is 375 g/mol. The zero-order valence-corrected chi connectivity index (χ0v) is 15.6. The molecule has 0 aliphatic carbocycles. The summed E-state index contributed by atoms with van der Waals surface area (Å²) in [5.41, 5.74) is 0. The van der Waals surface area contributed by atoms with Crippen LogP contribution < -0.4 is 0 Å². The number of likely N-dealkylation sites (tertiary alicyclic amines) is 1. The third-order valence-electron chi connectivity index (χ3n) is 4.51. The molecule has 2 aliphatic heterocycles. The van der Waals surface area contributed by atoms with Crippen LogP contribution in [-0.2, 0) is 29.1 Å². The van der Waals surface area contributed by atoms with Gasteiger partial charge in [0.1, 0.15) is 0 Å². The maximum Gasteiger partial charge on any atom is 0.311 e. The molecule has 2 fully saturated rings. The molecule has 142 valence electrons. The van der Waals surface area contributed by atoms with Gasteiger partial charge in [-0.15, -0.1) is 0 Å². The zero-order chi connectivity index (χ0) is 18.8. The minimum Gasteiger partial charge on any atom is -0.455 e. The molecule has 0 aromatic rings. The number of nitrogens with zero attached hydrogens (tertiary/aromatic N) is 3. The number of sulfonamides is 1. The second-order valence-corrected chi connectivity index (χ2v) is 8.67. The first-order valence-corrected chi connectivity index (χ1v) is 10.1. The Morgan fingerprint density at radius 3 is 2.28 bits per heavy atom. The third kappa shape index (κ3) is 4.91. The molecule has 1 atom stereocenters. The number of carbonyl (C=O) groups is 3. The molecule has 0 bridgehead atoms. The highest BCUT2D eigenvalue weighted by atomic mass is 32.2. The Morgan fingerprint density at radius 2 is 1.80 bits per heavy atom. The summed E-state index contributed by atoms with van der Waals surface area (Å²) in [6, 6.07) is 0.0260. The number of rotatable bonds is 5. The van der Waals surface area contributed by atoms with Crippen molar-refractivity contribution < 1.29 is 27.5 Å². The molecular weight excluding hydrogens is 350 g/mol. The number of esters is 1. The molecule has 1 unspecified atom stereocenters. The van der Waals surface area contributed by atoms with Gasteiger partial charge in [0.05, 0.1) is 12.2 Å². The highest BCUT2D eigenvalue weighted by Crippen LogP contribution is 2.21. The van der Waals surface area contributed by atoms with Crippen molar-refractivity contribution in [3.05, 3.63) is 0 Å². The minimum absolute atomic E-state index is 0.0260. The second kappa shape index (κ2) is 7.69. The number of hydrogen-bond acceptors (Lipinski definition) is 6. The fourth-order valence-corrected chi connectivity index (χ4v) is 3.83. The normalized spacial score (nSPS) is 22.6. The van der Waals surface area contributed by atoms with Crippen LogP contribution in [0.15, 0.2) is 0 Å². The first kappa shape index (κ1) is 19.6. The van der Waals surface area contributed by atoms with Crippen molar-refractivity contribution in [1.82, 2.24) is 14.1 Å². The Labute approximate surface area is 147 Å². The lowest BCUT2D eigenvalue weighted by Crippen LogP contribution is -2.51. The Hall–Kier alpha value is -1.68. The summed E-state index contributed by atoms with van der Waals surface area (Å²) in [5, 5.41) is 0. The fraction of sp³-hybridized carbons (Fsp3) is 0.800. The van der Waals surface area contributed by atoms with E-state index in [4.69, 9.17) is 4.74 Å². The molecule has 2 heterocycles. The Morgan fingerprint density at radius 1 is 1.20 bits per heavy atom. The molecular formula is C15H25N3O6S. The number of carbonyl (C=O) groups excluding carboxylic acids is 3. The molecule has 2 saturated heterocycles. The molecule has 0 aromatic carbocycles. The Bertz CT molecular complexity index is 640. The first-order valence-electron chi connectivity index (χ1n) is 8.28. The molecule has 10 heteroatoms. The quantitative estimate of drug-likeness (QED) is 0.565. The average molecular weight is 375 g/mol. The predicted molar refractivity (Wildman–Crippen MR) is 88.9 cm³/mol. The second-order valence-electron chi connectivity index (χ2n) is 6.69. The van der Waals surface area contributed by atoms with Crippen molar-refractivity contribution in [3.63, 3.8) is 0 Å². The zero-order valence-electron chi connectivity index (χ0n) is 14.8. The third-order valence-corrected chi connectivity index (χ3v) is 5.82. The van der Waals surface area contributed by atoms with Gasteiger partial charge >= 0.3 is 5.97 Å². The predicted octanol–water partition coefficient (Wildman–Crippen LogP) is -1.11. The summed E-state index contributed by atoms with van der Waals surface area (Å²) in [5.74, 6) is -1.52. The van der Waals surface area contributed by atoms with E-state index in [1.165, 1.54) is 9.21 Å². The summed E-state index contributed by atoms with van der Waals surface area (Å²) in [6.07, 6.45) is 1.24. The summed E-state index contributed by atoms with van der Waals surface area (Å²) in [7, 11) is -3.26. The summed E-state index contributed by atoms with van der Waals surface area (Å²) in [6.45, 7) is 4.70. The van der Waals surface area contributed by atoms with E-state index in [1.54, 1.807) is 4.90 Å². The van der Waals surface area contributed by atoms with Crippen LogP contribution >= 0.6 is 0 Å². The van der Waals surface area contributed by atoms with Crippen LogP contribution in [0.1, 0.15) is 20.3 Å². The fourth-order valence-electron chi connectivity index (χ4n) is 3.00. The molecule has 0 spiro atoms. The van der Waals surface area contributed by atoms with Crippen LogP contribution in [0.5, 0.6) is 0 Å². The van der Waals surface area contributed by atoms with Crippen LogP contribution in [0.25, 0.3) is 0 Å². The summed E-state index contributed by atoms with van der Waals surface area (Å²) < 4.78 is 29.3. The molecule has 0 aromatic heterocycles. The molecule has 0 N–H and O–H groups in total. The highest BCUT2D eigenvalue weighted by Gasteiger charge is 2.37. The van der Waals surface area contributed by atoms with Crippen molar-refractivity contribution in [2.45, 2.75) is 26.3 Å². The number of amides is 2. The molecule has 2 amide bonds. The Kier molecular flexibility index (Phi) is 6.04. The average Bonchev–Trinajstić information content (AvgIpc) is 2.93. The maximum atomic E-state index is 12.1. The van der Waals surface area contributed by atoms with E-state index in [1.807, 2.05) is 13.8 Å². The standard InChI is InChI=1S/C15H25N3O6S/c1-11(2)18-9-12(8-13(18)19)15(21)24-10-14(20)16-4-6-17(7-5-16)25(3,22)23/h11-12H,4-10H2,1-3H3. The molecule has 2 rings (SSSR count). The minimum atomic E-state index is -3.26. The Balaban J connectivity index is 1.77. The van der Waals surface area contributed by atoms with Crippen molar-refractivity contribution in [2.75, 3.05) is 45.6 Å². The van der Waals surface area contributed by atoms with E-state index in [9.17, 15) is 22.8 Å². The number of piperazine rings is 1. The van der Waals surface area contributed by atoms with Crippen molar-refractivity contribution in [1.29, 1.82) is 0 Å². The van der Waals surface area contributed by atoms with Gasteiger partial charge in [-0.05, 0) is 13.8 Å². The number of ether oxygens (including phenoxy) is 1. The molecule has 9 nitrogen and oxygen atoms in total. The molecule has 0 saturated carbocycles. The van der Waals surface area contributed by atoms with E-state index >= 15 is 0 Å². The first-order chi connectivity index (χ1) is 11.6. The van der Waals surface area contributed by atoms with Gasteiger partial charge in [0.15, 0.2) is 6.61 Å².